The molecule has 12 amide bonds. The van der Waals surface area contributed by atoms with Crippen LogP contribution in [0.1, 0.15) is 94.0 Å². The topological polar surface area (TPSA) is 547 Å². The minimum absolute atomic E-state index is 0.0633. The number of carboxylic acid groups (broad SMARTS) is 1. The molecule has 2 fully saturated rings. The number of H-pyrrole nitrogens is 1. The molecule has 110 heavy (non-hydrogen) atoms. The number of aliphatic hydroxyl groups excluding tert-OH is 3. The largest absolute Gasteiger partial charge is 0.508 e. The summed E-state index contributed by atoms with van der Waals surface area (Å²) >= 11 is 0. The summed E-state index contributed by atoms with van der Waals surface area (Å²) in [4.78, 5) is 193. The molecule has 5 aromatic rings. The van der Waals surface area contributed by atoms with Gasteiger partial charge in [0, 0.05) is 73.4 Å². The Kier molecular flexibility index (Phi) is 34.2. The van der Waals surface area contributed by atoms with Crippen molar-refractivity contribution in [3.63, 3.8) is 0 Å². The van der Waals surface area contributed by atoms with Gasteiger partial charge in [-0.2, -0.15) is 0 Å². The predicted molar refractivity (Wildman–Crippen MR) is 408 cm³/mol. The molecule has 2 saturated heterocycles. The van der Waals surface area contributed by atoms with Crippen molar-refractivity contribution < 1.29 is 87.9 Å². The Morgan fingerprint density at radius 1 is 0.545 bits per heavy atom. The second-order valence-corrected chi connectivity index (χ2v) is 29.9. The van der Waals surface area contributed by atoms with Gasteiger partial charge in [-0.1, -0.05) is 120 Å². The number of nitrogens with two attached hydrogens (primary N) is 2. The molecule has 34 nitrogen and oxygen atoms in total. The lowest BCUT2D eigenvalue weighted by Crippen LogP contribution is -2.63. The highest BCUT2D eigenvalue weighted by Gasteiger charge is 2.40. The van der Waals surface area contributed by atoms with E-state index in [0.29, 0.717) is 46.1 Å². The Morgan fingerprint density at radius 3 is 1.68 bits per heavy atom. The van der Waals surface area contributed by atoms with Crippen LogP contribution in [0, 0.1) is 0 Å². The number of hydrogen-bond donors (Lipinski definition) is 21. The molecule has 0 unspecified atom stereocenters. The lowest BCUT2D eigenvalue weighted by Gasteiger charge is -2.29. The summed E-state index contributed by atoms with van der Waals surface area (Å²) in [5.74, 6) is -15.4. The van der Waals surface area contributed by atoms with Gasteiger partial charge in [0.15, 0.2) is 0 Å². The summed E-state index contributed by atoms with van der Waals surface area (Å²) < 4.78 is 0. The van der Waals surface area contributed by atoms with Gasteiger partial charge in [0.1, 0.15) is 72.2 Å². The number of nitrogens with one attached hydrogen (secondary N) is 14. The van der Waals surface area contributed by atoms with Crippen LogP contribution < -0.4 is 80.6 Å². The van der Waals surface area contributed by atoms with Crippen LogP contribution in [-0.4, -0.2) is 229 Å². The van der Waals surface area contributed by atoms with Gasteiger partial charge in [0.05, 0.1) is 24.9 Å². The zero-order chi connectivity index (χ0) is 80.1. The van der Waals surface area contributed by atoms with E-state index in [1.54, 1.807) is 85.1 Å². The molecule has 0 spiro atoms. The number of aromatic amines is 1. The average Bonchev–Trinajstić information content (AvgIpc) is 1.27. The normalized spacial score (nSPS) is 24.3. The molecule has 3 heterocycles. The summed E-state index contributed by atoms with van der Waals surface area (Å²) in [5.41, 5.74) is 15.8. The summed E-state index contributed by atoms with van der Waals surface area (Å²) in [6.07, 6.45) is -4.34. The molecule has 1 aromatic heterocycles. The molecule has 2 aliphatic heterocycles. The van der Waals surface area contributed by atoms with Crippen LogP contribution in [0.5, 0.6) is 5.75 Å². The van der Waals surface area contributed by atoms with Crippen LogP contribution in [0.3, 0.4) is 0 Å². The van der Waals surface area contributed by atoms with Crippen LogP contribution in [0.2, 0.25) is 0 Å². The molecule has 0 radical (unpaired) electrons. The number of phenols is 1. The van der Waals surface area contributed by atoms with Gasteiger partial charge < -0.3 is 111 Å². The highest BCUT2D eigenvalue weighted by molar-refractivity contribution is 8.76. The van der Waals surface area contributed by atoms with Crippen molar-refractivity contribution in [2.75, 3.05) is 31.2 Å². The Bertz CT molecular complexity index is 3990. The summed E-state index contributed by atoms with van der Waals surface area (Å²) in [6.45, 7) is 5.03. The molecule has 4 aromatic carbocycles. The first-order chi connectivity index (χ1) is 52.5. The number of phenolic OH excluding ortho intramolecular Hbond substituents is 1. The van der Waals surface area contributed by atoms with E-state index >= 15 is 24.0 Å². The Labute approximate surface area is 643 Å². The predicted octanol–water partition coefficient (Wildman–Crippen LogP) is -3.04. The van der Waals surface area contributed by atoms with Crippen molar-refractivity contribution in [1.29, 1.82) is 0 Å². The number of carbonyl (C=O) groups excluding carboxylic acids is 12. The Balaban J connectivity index is 1.36. The molecule has 2 aliphatic rings. The maximum Gasteiger partial charge on any atom is 0.327 e. The van der Waals surface area contributed by atoms with E-state index < -0.39 is 200 Å². The van der Waals surface area contributed by atoms with E-state index in [2.05, 4.69) is 74.1 Å². The third-order valence-electron chi connectivity index (χ3n) is 18.2. The lowest BCUT2D eigenvalue weighted by molar-refractivity contribution is -0.142. The van der Waals surface area contributed by atoms with E-state index in [1.165, 1.54) is 24.3 Å². The van der Waals surface area contributed by atoms with Crippen LogP contribution in [0.25, 0.3) is 10.9 Å². The fourth-order valence-electron chi connectivity index (χ4n) is 11.9. The molecule has 0 aliphatic carbocycles. The third-order valence-corrected chi connectivity index (χ3v) is 20.6. The molecule has 596 valence electrons. The molecule has 7 rings (SSSR count). The van der Waals surface area contributed by atoms with Gasteiger partial charge in [0.2, 0.25) is 70.9 Å². The van der Waals surface area contributed by atoms with Crippen LogP contribution >= 0.6 is 21.6 Å². The van der Waals surface area contributed by atoms with E-state index in [1.807, 2.05) is 13.8 Å². The van der Waals surface area contributed by atoms with Crippen molar-refractivity contribution in [3.8, 4) is 5.75 Å². The smallest absolute Gasteiger partial charge is 0.327 e. The molecule has 23 N–H and O–H groups in total. The Morgan fingerprint density at radius 2 is 1.05 bits per heavy atom. The second-order valence-electron chi connectivity index (χ2n) is 27.3. The minimum atomic E-state index is -2.03. The number of aliphatic carboxylic acids is 1. The summed E-state index contributed by atoms with van der Waals surface area (Å²) in [5, 5.41) is 87.6. The number of carboxylic acids is 1. The fourth-order valence-corrected chi connectivity index (χ4v) is 14.2. The first kappa shape index (κ1) is 87.0. The monoisotopic (exact) mass is 1560 g/mol. The fraction of sp³-hybridized carbons (Fsp3) is 0.473. The second kappa shape index (κ2) is 43.3. The SMILES string of the molecule is CC(C)NCc1ccc(C[C@@H]2NC(=O)[C@H](Cc3c[nH]c4ccccc34)NC(=O)[C@H](Cc3ccccc3)NC(=O)[C@H]3CCC(=O)NCC[C@H](NC(=O)[C@@H]([C@@H](C)O)NC2=O)C(=O)N[C@H]([C@@H](C)O)C(=O)N[C@@H](CO)C(=O)N[C@H](C(=O)O)CSSC[C@@H](NC(=O)[C@@H](N)Cc2ccc(O)cc2)C(=O)N[C@H](CCCCN)C(=O)N3)cc1. The zero-order valence-electron chi connectivity index (χ0n) is 61.4. The van der Waals surface area contributed by atoms with Crippen molar-refractivity contribution in [2.24, 2.45) is 11.5 Å². The van der Waals surface area contributed by atoms with Crippen molar-refractivity contribution in [2.45, 2.75) is 189 Å². The summed E-state index contributed by atoms with van der Waals surface area (Å²) in [7, 11) is 1.61. The van der Waals surface area contributed by atoms with Gasteiger partial charge in [-0.05, 0) is 105 Å². The number of rotatable bonds is 21. The maximum atomic E-state index is 15.4. The first-order valence-electron chi connectivity index (χ1n) is 36.2. The Hall–Kier alpha value is -10.2. The average molecular weight is 1570 g/mol. The van der Waals surface area contributed by atoms with E-state index in [9.17, 15) is 63.9 Å². The highest BCUT2D eigenvalue weighted by atomic mass is 33.1. The number of aromatic nitrogens is 1. The van der Waals surface area contributed by atoms with Crippen molar-refractivity contribution >= 4 is 109 Å². The number of hydrogen-bond acceptors (Lipinski definition) is 22. The van der Waals surface area contributed by atoms with Crippen molar-refractivity contribution in [3.05, 3.63) is 137 Å². The van der Waals surface area contributed by atoms with Gasteiger partial charge in [-0.15, -0.1) is 0 Å². The van der Waals surface area contributed by atoms with Gasteiger partial charge >= 0.3 is 5.97 Å². The number of fused-ring (bicyclic) bond motifs is 8. The highest BCUT2D eigenvalue weighted by Crippen LogP contribution is 2.25. The minimum Gasteiger partial charge on any atom is -0.508 e. The van der Waals surface area contributed by atoms with Crippen molar-refractivity contribution in [1.82, 2.24) is 74.1 Å². The van der Waals surface area contributed by atoms with Crippen LogP contribution in [0.4, 0.5) is 0 Å². The van der Waals surface area contributed by atoms with E-state index in [0.717, 1.165) is 41.0 Å². The third kappa shape index (κ3) is 27.1. The molecular formula is C74H100N16O18S2. The number of unbranched alkanes of at least 4 members (excludes halogenated alkanes) is 1. The number of aliphatic hydroxyl groups is 3. The van der Waals surface area contributed by atoms with Gasteiger partial charge in [-0.3, -0.25) is 57.5 Å². The molecule has 36 heteroatoms. The molecule has 0 saturated carbocycles. The standard InChI is InChI=1S/C74H100N16O18S2/c1-39(2)78-34-45-19-17-44(18-20-45)32-55-69(102)90-61(40(3)92)72(105)82-53-27-29-77-60(95)26-25-52(65(98)83-54(31-42-12-6-5-7-13-42)67(100)85-56(68(101)84-55)33-46-35-79-50-15-9-8-14-48(46)50)81-64(97)51(16-10-11-28-75)80-71(104)58(87-63(96)49(76)30-43-21-23-47(94)24-22-43)37-109-110-38-59(74(107)108)88-70(103)57(36-91)86-73(106)62(41(4)93)89-66(53)99/h5-9,12-15,17-24,35,39-41,49,51-59,61-62,78-79,91-94H,10-11,16,25-34,36-38,75-76H2,1-4H3,(H,77,95)(H,80,104)(H,81,97)(H,82,105)(H,83,98)(H,84,101)(H,85,100)(H,86,106)(H,87,96)(H,88,103)(H,89,99)(H,90,102)(H,107,108)/t40-,41-,49+,51-,52-,53+,54+,55+,56+,57+,58-,59+,61-,62-/m1/s1. The number of aromatic hydroxyl groups is 1. The van der Waals surface area contributed by atoms with E-state index in [-0.39, 0.29) is 62.6 Å². The summed E-state index contributed by atoms with van der Waals surface area (Å²) in [6, 6.07) is 7.71. The molecule has 14 atom stereocenters. The van der Waals surface area contributed by atoms with Crippen LogP contribution in [0.15, 0.2) is 109 Å². The zero-order valence-corrected chi connectivity index (χ0v) is 63.0. The molecule has 2 bridgehead atoms. The van der Waals surface area contributed by atoms with Gasteiger partial charge in [-0.25, -0.2) is 4.79 Å². The van der Waals surface area contributed by atoms with Gasteiger partial charge in [0.25, 0.3) is 0 Å². The first-order valence-corrected chi connectivity index (χ1v) is 38.7. The number of carbonyl (C=O) groups is 13. The quantitative estimate of drug-likeness (QED) is 0.0257. The van der Waals surface area contributed by atoms with E-state index in [4.69, 9.17) is 11.5 Å². The maximum absolute atomic E-state index is 15.4. The lowest BCUT2D eigenvalue weighted by atomic mass is 9.99. The number of amides is 12. The van der Waals surface area contributed by atoms with Crippen LogP contribution in [-0.2, 0) is 94.6 Å². The molecular weight excluding hydrogens is 1470 g/mol. The number of para-hydroxylation sites is 1. The number of benzene rings is 4.